The first-order valence-electron chi connectivity index (χ1n) is 3.57. The predicted octanol–water partition coefficient (Wildman–Crippen LogP) is 2.82. The van der Waals surface area contributed by atoms with E-state index in [9.17, 15) is 5.21 Å². The first kappa shape index (κ1) is 8.59. The van der Waals surface area contributed by atoms with Crippen LogP contribution >= 0.6 is 23.4 Å². The van der Waals surface area contributed by atoms with E-state index >= 15 is 0 Å². The van der Waals surface area contributed by atoms with Gasteiger partial charge in [-0.2, -0.15) is 0 Å². The second-order valence-electron chi connectivity index (χ2n) is 2.63. The molecule has 0 radical (unpaired) electrons. The van der Waals surface area contributed by atoms with Crippen LogP contribution in [-0.4, -0.2) is 9.39 Å². The van der Waals surface area contributed by atoms with Crippen LogP contribution in [0.3, 0.4) is 0 Å². The molecule has 6 heteroatoms. The van der Waals surface area contributed by atoms with Gasteiger partial charge in [0.15, 0.2) is 24.0 Å². The van der Waals surface area contributed by atoms with Crippen LogP contribution in [0, 0.1) is 5.21 Å². The molecular weight excluding hydrogens is 213 g/mol. The zero-order chi connectivity index (χ0) is 9.42. The Morgan fingerprint density at radius 1 is 1.54 bits per heavy atom. The van der Waals surface area contributed by atoms with Gasteiger partial charge in [0.25, 0.3) is 0 Å². The van der Waals surface area contributed by atoms with Gasteiger partial charge in [-0.15, -0.1) is 4.86 Å². The van der Waals surface area contributed by atoms with Crippen molar-refractivity contribution in [2.24, 2.45) is 5.22 Å². The zero-order valence-electron chi connectivity index (χ0n) is 6.44. The van der Waals surface area contributed by atoms with Crippen molar-refractivity contribution < 1.29 is 4.86 Å². The number of fused-ring (bicyclic) bond motifs is 1. The molecule has 0 amide bonds. The van der Waals surface area contributed by atoms with Gasteiger partial charge in [-0.05, 0) is 12.1 Å². The van der Waals surface area contributed by atoms with Gasteiger partial charge in [0.05, 0.1) is 0 Å². The number of benzene rings is 1. The molecule has 0 saturated heterocycles. The highest BCUT2D eigenvalue weighted by Gasteiger charge is 2.20. The van der Waals surface area contributed by atoms with E-state index in [1.807, 2.05) is 0 Å². The maximum absolute atomic E-state index is 11.2. The van der Waals surface area contributed by atoms with Crippen LogP contribution in [-0.2, 0) is 6.54 Å². The molecule has 13 heavy (non-hydrogen) atoms. The van der Waals surface area contributed by atoms with E-state index in [0.29, 0.717) is 22.1 Å². The minimum atomic E-state index is 0.410. The number of hydrogen-bond donors (Lipinski definition) is 0. The molecule has 0 bridgehead atoms. The Bertz CT molecular complexity index is 380. The van der Waals surface area contributed by atoms with Gasteiger partial charge in [-0.25, -0.2) is 0 Å². The summed E-state index contributed by atoms with van der Waals surface area (Å²) in [6, 6.07) is 5.04. The lowest BCUT2D eigenvalue weighted by Crippen LogP contribution is -2.14. The summed E-state index contributed by atoms with van der Waals surface area (Å²) in [6.45, 7) is 0.410. The maximum Gasteiger partial charge on any atom is 0.164 e. The fourth-order valence-corrected chi connectivity index (χ4v) is 1.51. The summed E-state index contributed by atoms with van der Waals surface area (Å²) < 4.78 is 1.06. The van der Waals surface area contributed by atoms with Crippen molar-refractivity contribution in [2.75, 3.05) is 0 Å². The van der Waals surface area contributed by atoms with Crippen LogP contribution in [0.2, 0.25) is 5.02 Å². The third kappa shape index (κ3) is 1.55. The second-order valence-corrected chi connectivity index (χ2v) is 3.46. The van der Waals surface area contributed by atoms with Crippen LogP contribution < -0.4 is 0 Å². The fraction of sp³-hybridized carbons (Fsp3) is 0.143. The first-order chi connectivity index (χ1) is 6.16. The summed E-state index contributed by atoms with van der Waals surface area (Å²) in [6.07, 6.45) is 0. The van der Waals surface area contributed by atoms with Crippen molar-refractivity contribution in [1.82, 2.24) is 4.53 Å². The Kier molecular flexibility index (Phi) is 2.01. The molecule has 0 spiro atoms. The standard InChI is InChI=1S/C7H5Cl2N3O/c8-6-2-1-5-4-11(9)10-12(13)7(5)3-6/h1-3H,4H2. The Balaban J connectivity index is 2.54. The molecule has 0 fully saturated rings. The third-order valence-corrected chi connectivity index (χ3v) is 2.15. The van der Waals surface area contributed by atoms with Gasteiger partial charge >= 0.3 is 0 Å². The van der Waals surface area contributed by atoms with E-state index in [2.05, 4.69) is 5.22 Å². The van der Waals surface area contributed by atoms with Crippen molar-refractivity contribution in [3.8, 4) is 0 Å². The summed E-state index contributed by atoms with van der Waals surface area (Å²) in [5, 5.41) is 15.2. The minimum absolute atomic E-state index is 0.410. The lowest BCUT2D eigenvalue weighted by molar-refractivity contribution is -0.463. The van der Waals surface area contributed by atoms with E-state index in [1.54, 1.807) is 18.2 Å². The van der Waals surface area contributed by atoms with Crippen LogP contribution in [0.25, 0.3) is 0 Å². The van der Waals surface area contributed by atoms with Gasteiger partial charge < -0.3 is 5.21 Å². The molecule has 2 rings (SSSR count). The fourth-order valence-electron chi connectivity index (χ4n) is 1.16. The Labute approximate surface area is 84.6 Å². The monoisotopic (exact) mass is 217 g/mol. The van der Waals surface area contributed by atoms with Crippen molar-refractivity contribution in [3.63, 3.8) is 0 Å². The molecule has 0 atom stereocenters. The highest BCUT2D eigenvalue weighted by molar-refractivity contribution is 6.30. The van der Waals surface area contributed by atoms with Gasteiger partial charge in [-0.3, -0.25) is 0 Å². The van der Waals surface area contributed by atoms with Crippen molar-refractivity contribution in [1.29, 1.82) is 0 Å². The zero-order valence-corrected chi connectivity index (χ0v) is 7.96. The molecule has 0 aliphatic carbocycles. The highest BCUT2D eigenvalue weighted by atomic mass is 35.5. The summed E-state index contributed by atoms with van der Waals surface area (Å²) >= 11 is 11.3. The van der Waals surface area contributed by atoms with Crippen molar-refractivity contribution in [3.05, 3.63) is 34.0 Å². The smallest absolute Gasteiger partial charge is 0.164 e. The summed E-state index contributed by atoms with van der Waals surface area (Å²) in [5.41, 5.74) is 1.26. The number of halogens is 2. The topological polar surface area (TPSA) is 41.7 Å². The summed E-state index contributed by atoms with van der Waals surface area (Å²) in [4.78, 5) is 0.456. The lowest BCUT2D eigenvalue weighted by Gasteiger charge is -2.16. The van der Waals surface area contributed by atoms with Crippen LogP contribution in [0.4, 0.5) is 5.69 Å². The Morgan fingerprint density at radius 2 is 2.31 bits per heavy atom. The largest absolute Gasteiger partial charge is 0.691 e. The average molecular weight is 218 g/mol. The van der Waals surface area contributed by atoms with E-state index < -0.39 is 0 Å². The van der Waals surface area contributed by atoms with Gasteiger partial charge in [0.2, 0.25) is 0 Å². The lowest BCUT2D eigenvalue weighted by atomic mass is 10.2. The van der Waals surface area contributed by atoms with Gasteiger partial charge in [0.1, 0.15) is 5.22 Å². The van der Waals surface area contributed by atoms with Crippen LogP contribution in [0.5, 0.6) is 0 Å². The van der Waals surface area contributed by atoms with E-state index in [1.165, 1.54) is 0 Å². The quantitative estimate of drug-likeness (QED) is 0.381. The highest BCUT2D eigenvalue weighted by Crippen LogP contribution is 2.28. The van der Waals surface area contributed by atoms with Crippen LogP contribution in [0.1, 0.15) is 5.56 Å². The van der Waals surface area contributed by atoms with Crippen LogP contribution in [0.15, 0.2) is 23.4 Å². The maximum atomic E-state index is 11.2. The predicted molar refractivity (Wildman–Crippen MR) is 48.6 cm³/mol. The number of nitrogens with zero attached hydrogens (tertiary/aromatic N) is 3. The third-order valence-electron chi connectivity index (χ3n) is 1.73. The SMILES string of the molecule is [O-][N+]1=NN(Cl)Cc2ccc(Cl)cc21. The number of rotatable bonds is 0. The molecule has 68 valence electrons. The normalized spacial score (nSPS) is 15.2. The van der Waals surface area contributed by atoms with Crippen molar-refractivity contribution >= 4 is 29.1 Å². The molecule has 4 nitrogen and oxygen atoms in total. The van der Waals surface area contributed by atoms with E-state index in [0.717, 1.165) is 10.1 Å². The summed E-state index contributed by atoms with van der Waals surface area (Å²) in [5.74, 6) is 0. The Hall–Kier alpha value is -1.00. The molecule has 0 saturated carbocycles. The minimum Gasteiger partial charge on any atom is -0.691 e. The molecule has 0 unspecified atom stereocenters. The molecule has 1 aliphatic heterocycles. The molecule has 1 aliphatic rings. The molecule has 1 aromatic carbocycles. The van der Waals surface area contributed by atoms with Crippen molar-refractivity contribution in [2.45, 2.75) is 6.54 Å². The second kappa shape index (κ2) is 3.05. The van der Waals surface area contributed by atoms with E-state index in [4.69, 9.17) is 23.4 Å². The van der Waals surface area contributed by atoms with Gasteiger partial charge in [0, 0.05) is 16.7 Å². The van der Waals surface area contributed by atoms with Gasteiger partial charge in [-0.1, -0.05) is 16.1 Å². The molecule has 0 aromatic heterocycles. The Morgan fingerprint density at radius 3 is 3.08 bits per heavy atom. The summed E-state index contributed by atoms with van der Waals surface area (Å²) in [7, 11) is 0. The first-order valence-corrected chi connectivity index (χ1v) is 4.29. The molecular formula is C7H5Cl2N3O. The molecule has 1 aromatic rings. The number of hydrogen-bond acceptors (Lipinski definition) is 3. The molecule has 0 N–H and O–H groups in total. The molecule has 1 heterocycles. The average Bonchev–Trinajstić information content (AvgIpc) is 2.06. The van der Waals surface area contributed by atoms with E-state index in [-0.39, 0.29) is 0 Å².